The summed E-state index contributed by atoms with van der Waals surface area (Å²) in [6.07, 6.45) is 0.506. The van der Waals surface area contributed by atoms with E-state index in [1.165, 1.54) is 13.1 Å². The maximum Gasteiger partial charge on any atom is 0.354 e. The Bertz CT molecular complexity index is 303. The number of aryl methyl sites for hydroxylation is 1. The zero-order valence-corrected chi connectivity index (χ0v) is 5.81. The van der Waals surface area contributed by atoms with Gasteiger partial charge in [-0.05, 0) is 0 Å². The predicted molar refractivity (Wildman–Crippen MR) is 35.6 cm³/mol. The van der Waals surface area contributed by atoms with Crippen molar-refractivity contribution in [3.8, 4) is 0 Å². The van der Waals surface area contributed by atoms with E-state index < -0.39 is 5.97 Å². The van der Waals surface area contributed by atoms with Crippen LogP contribution in [-0.2, 0) is 7.05 Å². The zero-order chi connectivity index (χ0) is 8.43. The first kappa shape index (κ1) is 7.46. The molecule has 58 valence electrons. The Labute approximate surface area is 62.3 Å². The summed E-state index contributed by atoms with van der Waals surface area (Å²) in [4.78, 5) is 20.5. The summed E-state index contributed by atoms with van der Waals surface area (Å²) in [7, 11) is 1.47. The molecule has 1 heterocycles. The molecule has 0 aromatic carbocycles. The lowest BCUT2D eigenvalue weighted by Gasteiger charge is -1.90. The number of hydrogen-bond acceptors (Lipinski definition) is 3. The van der Waals surface area contributed by atoms with E-state index in [2.05, 4.69) is 5.10 Å². The molecule has 0 saturated heterocycles. The molecular weight excluding hydrogens is 148 g/mol. The van der Waals surface area contributed by atoms with Crippen molar-refractivity contribution < 1.29 is 14.7 Å². The summed E-state index contributed by atoms with van der Waals surface area (Å²) in [6.45, 7) is 0. The predicted octanol–water partition coefficient (Wildman–Crippen LogP) is -0.0692. The van der Waals surface area contributed by atoms with Gasteiger partial charge in [0.25, 0.3) is 0 Å². The minimum absolute atomic E-state index is 0.00657. The van der Waals surface area contributed by atoms with Crippen LogP contribution in [0.3, 0.4) is 0 Å². The van der Waals surface area contributed by atoms with E-state index in [1.54, 1.807) is 0 Å². The van der Waals surface area contributed by atoms with Crippen molar-refractivity contribution in [2.75, 3.05) is 0 Å². The summed E-state index contributed by atoms with van der Waals surface area (Å²) >= 11 is 0. The molecular formula is C6H6N2O3. The van der Waals surface area contributed by atoms with Crippen LogP contribution >= 0.6 is 0 Å². The van der Waals surface area contributed by atoms with Crippen LogP contribution < -0.4 is 0 Å². The van der Waals surface area contributed by atoms with Gasteiger partial charge in [0.05, 0.1) is 0 Å². The highest BCUT2D eigenvalue weighted by molar-refractivity contribution is 5.87. The SMILES string of the molecule is Cn1nc(C=O)cc1C(=O)O. The van der Waals surface area contributed by atoms with E-state index in [9.17, 15) is 9.59 Å². The monoisotopic (exact) mass is 154 g/mol. The Morgan fingerprint density at radius 2 is 2.45 bits per heavy atom. The van der Waals surface area contributed by atoms with E-state index >= 15 is 0 Å². The van der Waals surface area contributed by atoms with E-state index in [4.69, 9.17) is 5.11 Å². The number of aromatic carboxylic acids is 1. The molecule has 0 spiro atoms. The summed E-state index contributed by atoms with van der Waals surface area (Å²) in [6, 6.07) is 1.22. The number of carbonyl (C=O) groups is 2. The molecule has 0 unspecified atom stereocenters. The third kappa shape index (κ3) is 1.26. The van der Waals surface area contributed by atoms with Gasteiger partial charge in [0.1, 0.15) is 11.4 Å². The Balaban J connectivity index is 3.16. The molecule has 1 aromatic rings. The fourth-order valence-corrected chi connectivity index (χ4v) is 0.747. The largest absolute Gasteiger partial charge is 0.477 e. The van der Waals surface area contributed by atoms with Gasteiger partial charge >= 0.3 is 5.97 Å². The number of carboxylic acid groups (broad SMARTS) is 1. The number of hydrogen-bond donors (Lipinski definition) is 1. The molecule has 0 bridgehead atoms. The van der Waals surface area contributed by atoms with Crippen LogP contribution in [-0.4, -0.2) is 27.1 Å². The molecule has 0 atom stereocenters. The van der Waals surface area contributed by atoms with Crippen LogP contribution in [0.1, 0.15) is 21.0 Å². The second-order valence-corrected chi connectivity index (χ2v) is 2.00. The highest BCUT2D eigenvalue weighted by atomic mass is 16.4. The lowest BCUT2D eigenvalue weighted by molar-refractivity contribution is 0.0685. The number of carboxylic acids is 1. The molecule has 1 N–H and O–H groups in total. The fraction of sp³-hybridized carbons (Fsp3) is 0.167. The number of aldehydes is 1. The normalized spacial score (nSPS) is 9.55. The Kier molecular flexibility index (Phi) is 1.72. The molecule has 0 fully saturated rings. The minimum atomic E-state index is -1.09. The van der Waals surface area contributed by atoms with E-state index in [0.29, 0.717) is 6.29 Å². The van der Waals surface area contributed by atoms with Gasteiger partial charge in [-0.2, -0.15) is 5.10 Å². The summed E-state index contributed by atoms with van der Waals surface area (Å²) in [5, 5.41) is 12.1. The van der Waals surface area contributed by atoms with Crippen LogP contribution in [0, 0.1) is 0 Å². The van der Waals surface area contributed by atoms with Gasteiger partial charge in [-0.15, -0.1) is 0 Å². The Morgan fingerprint density at radius 1 is 1.82 bits per heavy atom. The molecule has 5 heteroatoms. The fourth-order valence-electron chi connectivity index (χ4n) is 0.747. The third-order valence-electron chi connectivity index (χ3n) is 1.24. The second kappa shape index (κ2) is 2.53. The van der Waals surface area contributed by atoms with Crippen molar-refractivity contribution >= 4 is 12.3 Å². The quantitative estimate of drug-likeness (QED) is 0.605. The highest BCUT2D eigenvalue weighted by Crippen LogP contribution is 1.99. The van der Waals surface area contributed by atoms with Gasteiger partial charge in [-0.1, -0.05) is 0 Å². The number of nitrogens with zero attached hydrogens (tertiary/aromatic N) is 2. The molecule has 11 heavy (non-hydrogen) atoms. The highest BCUT2D eigenvalue weighted by Gasteiger charge is 2.09. The average molecular weight is 154 g/mol. The molecule has 0 saturated carbocycles. The zero-order valence-electron chi connectivity index (χ0n) is 5.81. The second-order valence-electron chi connectivity index (χ2n) is 2.00. The van der Waals surface area contributed by atoms with Gasteiger partial charge in [0.2, 0.25) is 0 Å². The van der Waals surface area contributed by atoms with E-state index in [0.717, 1.165) is 4.68 Å². The number of aromatic nitrogens is 2. The van der Waals surface area contributed by atoms with Gasteiger partial charge in [-0.3, -0.25) is 9.48 Å². The van der Waals surface area contributed by atoms with Crippen molar-refractivity contribution in [2.45, 2.75) is 0 Å². The average Bonchev–Trinajstić information content (AvgIpc) is 2.30. The topological polar surface area (TPSA) is 72.2 Å². The molecule has 1 rings (SSSR count). The van der Waals surface area contributed by atoms with Gasteiger partial charge < -0.3 is 5.11 Å². The molecule has 0 radical (unpaired) electrons. The number of rotatable bonds is 2. The van der Waals surface area contributed by atoms with Crippen LogP contribution in [0.15, 0.2) is 6.07 Å². The maximum absolute atomic E-state index is 10.4. The van der Waals surface area contributed by atoms with Crippen LogP contribution in [0.2, 0.25) is 0 Å². The van der Waals surface area contributed by atoms with Crippen molar-refractivity contribution in [1.82, 2.24) is 9.78 Å². The maximum atomic E-state index is 10.4. The Morgan fingerprint density at radius 3 is 2.73 bits per heavy atom. The molecule has 5 nitrogen and oxygen atoms in total. The van der Waals surface area contributed by atoms with Crippen LogP contribution in [0.4, 0.5) is 0 Å². The van der Waals surface area contributed by atoms with Crippen LogP contribution in [0.5, 0.6) is 0 Å². The van der Waals surface area contributed by atoms with Crippen molar-refractivity contribution in [1.29, 1.82) is 0 Å². The van der Waals surface area contributed by atoms with Crippen molar-refractivity contribution in [3.63, 3.8) is 0 Å². The molecule has 0 amide bonds. The molecule has 0 aliphatic rings. The first-order chi connectivity index (χ1) is 5.15. The minimum Gasteiger partial charge on any atom is -0.477 e. The summed E-state index contributed by atoms with van der Waals surface area (Å²) < 4.78 is 1.14. The van der Waals surface area contributed by atoms with Gasteiger partial charge in [0, 0.05) is 13.1 Å². The summed E-state index contributed by atoms with van der Waals surface area (Å²) in [5.74, 6) is -1.09. The molecule has 0 aliphatic heterocycles. The standard InChI is InChI=1S/C6H6N2O3/c1-8-5(6(10)11)2-4(3-9)7-8/h2-3H,1H3,(H,10,11). The number of carbonyl (C=O) groups excluding carboxylic acids is 1. The third-order valence-corrected chi connectivity index (χ3v) is 1.24. The lowest BCUT2D eigenvalue weighted by atomic mass is 10.4. The first-order valence-corrected chi connectivity index (χ1v) is 2.87. The Hall–Kier alpha value is -1.65. The van der Waals surface area contributed by atoms with E-state index in [-0.39, 0.29) is 11.4 Å². The molecule has 0 aliphatic carbocycles. The smallest absolute Gasteiger partial charge is 0.354 e. The molecule has 1 aromatic heterocycles. The lowest BCUT2D eigenvalue weighted by Crippen LogP contribution is -2.04. The van der Waals surface area contributed by atoms with Crippen LogP contribution in [0.25, 0.3) is 0 Å². The van der Waals surface area contributed by atoms with E-state index in [1.807, 2.05) is 0 Å². The van der Waals surface area contributed by atoms with Crippen molar-refractivity contribution in [2.24, 2.45) is 7.05 Å². The van der Waals surface area contributed by atoms with Gasteiger partial charge in [0.15, 0.2) is 6.29 Å². The van der Waals surface area contributed by atoms with Crippen molar-refractivity contribution in [3.05, 3.63) is 17.5 Å². The first-order valence-electron chi connectivity index (χ1n) is 2.87. The summed E-state index contributed by atoms with van der Waals surface area (Å²) in [5.41, 5.74) is 0.136. The van der Waals surface area contributed by atoms with Gasteiger partial charge in [-0.25, -0.2) is 4.79 Å².